The molecule has 1 saturated heterocycles. The van der Waals surface area contributed by atoms with Crippen molar-refractivity contribution in [2.24, 2.45) is 10.9 Å². The lowest BCUT2D eigenvalue weighted by molar-refractivity contribution is -0.384. The average molecular weight is 278 g/mol. The first kappa shape index (κ1) is 14.1. The van der Waals surface area contributed by atoms with Crippen molar-refractivity contribution in [1.82, 2.24) is 0 Å². The number of rotatable bonds is 3. The summed E-state index contributed by atoms with van der Waals surface area (Å²) in [5, 5.41) is 22.8. The van der Waals surface area contributed by atoms with E-state index in [2.05, 4.69) is 19.0 Å². The highest BCUT2D eigenvalue weighted by molar-refractivity contribution is 5.98. The minimum atomic E-state index is -0.433. The topological polar surface area (TPSA) is 105 Å². The monoisotopic (exact) mass is 278 g/mol. The Morgan fingerprint density at radius 3 is 2.75 bits per heavy atom. The van der Waals surface area contributed by atoms with Crippen LogP contribution in [0.3, 0.4) is 0 Å². The van der Waals surface area contributed by atoms with E-state index in [0.717, 1.165) is 19.4 Å². The van der Waals surface area contributed by atoms with E-state index in [9.17, 15) is 10.1 Å². The summed E-state index contributed by atoms with van der Waals surface area (Å²) in [5.41, 5.74) is 6.26. The van der Waals surface area contributed by atoms with Gasteiger partial charge in [-0.3, -0.25) is 10.1 Å². The van der Waals surface area contributed by atoms with Crippen molar-refractivity contribution < 1.29 is 10.1 Å². The van der Waals surface area contributed by atoms with E-state index in [0.29, 0.717) is 11.3 Å². The van der Waals surface area contributed by atoms with Crippen LogP contribution < -0.4 is 10.6 Å². The van der Waals surface area contributed by atoms with Gasteiger partial charge in [-0.25, -0.2) is 0 Å². The summed E-state index contributed by atoms with van der Waals surface area (Å²) in [6, 6.07) is 4.64. The maximum absolute atomic E-state index is 11.3. The molecule has 0 atom stereocenters. The lowest BCUT2D eigenvalue weighted by Crippen LogP contribution is -2.38. The molecule has 20 heavy (non-hydrogen) atoms. The van der Waals surface area contributed by atoms with Gasteiger partial charge in [-0.15, -0.1) is 0 Å². The fourth-order valence-corrected chi connectivity index (χ4v) is 2.67. The first-order valence-corrected chi connectivity index (χ1v) is 6.41. The number of nitro groups is 1. The lowest BCUT2D eigenvalue weighted by Gasteiger charge is -2.33. The molecule has 1 aliphatic rings. The second kappa shape index (κ2) is 4.99. The van der Waals surface area contributed by atoms with Crippen molar-refractivity contribution in [2.75, 3.05) is 11.4 Å². The first-order chi connectivity index (χ1) is 9.36. The molecule has 0 aliphatic carbocycles. The van der Waals surface area contributed by atoms with Crippen LogP contribution in [-0.4, -0.2) is 28.0 Å². The molecule has 0 amide bonds. The van der Waals surface area contributed by atoms with E-state index in [1.54, 1.807) is 12.1 Å². The standard InChI is InChI=1S/C13H18N4O3/c1-13(2)6-3-7-16(13)10-5-4-9(12(14)15-18)8-11(10)17(19)20/h4-5,8,18H,3,6-7H2,1-2H3,(H2,14,15). The quantitative estimate of drug-likeness (QED) is 0.289. The number of hydrogen-bond donors (Lipinski definition) is 2. The predicted octanol–water partition coefficient (Wildman–Crippen LogP) is 2.07. The fraction of sp³-hybridized carbons (Fsp3) is 0.462. The molecule has 1 aromatic carbocycles. The molecular weight excluding hydrogens is 260 g/mol. The van der Waals surface area contributed by atoms with E-state index < -0.39 is 4.92 Å². The number of benzene rings is 1. The van der Waals surface area contributed by atoms with E-state index in [1.165, 1.54) is 6.07 Å². The summed E-state index contributed by atoms with van der Waals surface area (Å²) in [6.07, 6.45) is 2.00. The highest BCUT2D eigenvalue weighted by Gasteiger charge is 2.35. The highest BCUT2D eigenvalue weighted by Crippen LogP contribution is 2.39. The lowest BCUT2D eigenvalue weighted by atomic mass is 10.0. The van der Waals surface area contributed by atoms with Crippen molar-refractivity contribution in [2.45, 2.75) is 32.2 Å². The van der Waals surface area contributed by atoms with Gasteiger partial charge < -0.3 is 15.8 Å². The van der Waals surface area contributed by atoms with Crippen LogP contribution in [0.1, 0.15) is 32.3 Å². The van der Waals surface area contributed by atoms with Crippen LogP contribution in [0.2, 0.25) is 0 Å². The van der Waals surface area contributed by atoms with Gasteiger partial charge in [0, 0.05) is 23.7 Å². The second-order valence-corrected chi connectivity index (χ2v) is 5.51. The Morgan fingerprint density at radius 2 is 2.25 bits per heavy atom. The van der Waals surface area contributed by atoms with Crippen molar-refractivity contribution >= 4 is 17.2 Å². The van der Waals surface area contributed by atoms with Crippen molar-refractivity contribution in [3.05, 3.63) is 33.9 Å². The predicted molar refractivity (Wildman–Crippen MR) is 76.3 cm³/mol. The van der Waals surface area contributed by atoms with Gasteiger partial charge in [-0.1, -0.05) is 5.16 Å². The smallest absolute Gasteiger partial charge is 0.293 e. The van der Waals surface area contributed by atoms with E-state index >= 15 is 0 Å². The molecule has 0 spiro atoms. The Labute approximate surface area is 116 Å². The normalized spacial score (nSPS) is 18.3. The van der Waals surface area contributed by atoms with Gasteiger partial charge in [-0.2, -0.15) is 0 Å². The fourth-order valence-electron chi connectivity index (χ4n) is 2.67. The summed E-state index contributed by atoms with van der Waals surface area (Å²) in [4.78, 5) is 12.9. The first-order valence-electron chi connectivity index (χ1n) is 6.41. The highest BCUT2D eigenvalue weighted by atomic mass is 16.6. The van der Waals surface area contributed by atoms with Gasteiger partial charge in [0.15, 0.2) is 5.84 Å². The molecule has 0 saturated carbocycles. The zero-order valence-corrected chi connectivity index (χ0v) is 11.5. The summed E-state index contributed by atoms with van der Waals surface area (Å²) in [6.45, 7) is 4.93. The molecule has 1 fully saturated rings. The van der Waals surface area contributed by atoms with Crippen LogP contribution in [0.4, 0.5) is 11.4 Å². The number of nitro benzene ring substituents is 1. The summed E-state index contributed by atoms with van der Waals surface area (Å²) in [7, 11) is 0. The van der Waals surface area contributed by atoms with Crippen LogP contribution in [0, 0.1) is 10.1 Å². The molecule has 0 unspecified atom stereocenters. The molecule has 1 heterocycles. The summed E-state index contributed by atoms with van der Waals surface area (Å²) < 4.78 is 0. The third-order valence-corrected chi connectivity index (χ3v) is 3.77. The van der Waals surface area contributed by atoms with Crippen LogP contribution in [0.5, 0.6) is 0 Å². The van der Waals surface area contributed by atoms with Crippen molar-refractivity contribution in [3.8, 4) is 0 Å². The molecule has 7 nitrogen and oxygen atoms in total. The second-order valence-electron chi connectivity index (χ2n) is 5.51. The van der Waals surface area contributed by atoms with Gasteiger partial charge in [0.25, 0.3) is 5.69 Å². The Bertz CT molecular complexity index is 569. The average Bonchev–Trinajstić information content (AvgIpc) is 2.76. The summed E-state index contributed by atoms with van der Waals surface area (Å²) in [5.74, 6) is -0.139. The number of hydrogen-bond acceptors (Lipinski definition) is 5. The largest absolute Gasteiger partial charge is 0.409 e. The molecule has 108 valence electrons. The third-order valence-electron chi connectivity index (χ3n) is 3.77. The number of nitrogens with zero attached hydrogens (tertiary/aromatic N) is 3. The zero-order chi connectivity index (χ0) is 14.9. The van der Waals surface area contributed by atoms with E-state index in [-0.39, 0.29) is 17.1 Å². The molecule has 0 bridgehead atoms. The molecule has 0 aromatic heterocycles. The third kappa shape index (κ3) is 2.38. The molecule has 1 aliphatic heterocycles. The molecular formula is C13H18N4O3. The Hall–Kier alpha value is -2.31. The Morgan fingerprint density at radius 1 is 1.55 bits per heavy atom. The number of anilines is 1. The van der Waals surface area contributed by atoms with Crippen LogP contribution in [0.25, 0.3) is 0 Å². The van der Waals surface area contributed by atoms with Gasteiger partial charge in [0.05, 0.1) is 4.92 Å². The number of oxime groups is 1. The van der Waals surface area contributed by atoms with E-state index in [4.69, 9.17) is 10.9 Å². The molecule has 2 rings (SSSR count). The maximum atomic E-state index is 11.3. The summed E-state index contributed by atoms with van der Waals surface area (Å²) >= 11 is 0. The maximum Gasteiger partial charge on any atom is 0.293 e. The molecule has 1 aromatic rings. The number of nitrogens with two attached hydrogens (primary N) is 1. The van der Waals surface area contributed by atoms with Gasteiger partial charge >= 0.3 is 0 Å². The zero-order valence-electron chi connectivity index (χ0n) is 11.5. The van der Waals surface area contributed by atoms with Crippen LogP contribution in [0.15, 0.2) is 23.4 Å². The van der Waals surface area contributed by atoms with Crippen LogP contribution >= 0.6 is 0 Å². The van der Waals surface area contributed by atoms with Crippen molar-refractivity contribution in [3.63, 3.8) is 0 Å². The molecule has 7 heteroatoms. The van der Waals surface area contributed by atoms with Crippen LogP contribution in [-0.2, 0) is 0 Å². The van der Waals surface area contributed by atoms with Gasteiger partial charge in [-0.05, 0) is 38.8 Å². The van der Waals surface area contributed by atoms with E-state index in [1.807, 2.05) is 4.90 Å². The molecule has 3 N–H and O–H groups in total. The van der Waals surface area contributed by atoms with Gasteiger partial charge in [0.1, 0.15) is 5.69 Å². The van der Waals surface area contributed by atoms with Crippen molar-refractivity contribution in [1.29, 1.82) is 0 Å². The Balaban J connectivity index is 2.51. The molecule has 0 radical (unpaired) electrons. The number of amidine groups is 1. The van der Waals surface area contributed by atoms with Gasteiger partial charge in [0.2, 0.25) is 0 Å². The SMILES string of the molecule is CC1(C)CCCN1c1ccc(C(N)=NO)cc1[N+](=O)[O-]. The Kier molecular flexibility index (Phi) is 3.52. The minimum absolute atomic E-state index is 0.0240. The minimum Gasteiger partial charge on any atom is -0.409 e.